The molecule has 10 heteroatoms. The molecule has 0 saturated heterocycles. The Bertz CT molecular complexity index is 829. The molecule has 1 heterocycles. The van der Waals surface area contributed by atoms with Crippen molar-refractivity contribution in [2.45, 2.75) is 25.3 Å². The van der Waals surface area contributed by atoms with Gasteiger partial charge in [-0.3, -0.25) is 14.9 Å². The quantitative estimate of drug-likeness (QED) is 0.778. The second kappa shape index (κ2) is 6.88. The van der Waals surface area contributed by atoms with Crippen LogP contribution in [-0.2, 0) is 21.4 Å². The van der Waals surface area contributed by atoms with Gasteiger partial charge in [-0.05, 0) is 38.1 Å². The molecule has 0 aliphatic carbocycles. The molecule has 0 atom stereocenters. The number of hydrogen-bond acceptors (Lipinski definition) is 4. The summed E-state index contributed by atoms with van der Waals surface area (Å²) in [4.78, 5) is 13.7. The fourth-order valence-electron chi connectivity index (χ4n) is 1.88. The number of hydrogen-bond donors (Lipinski definition) is 2. The summed E-state index contributed by atoms with van der Waals surface area (Å²) in [5.74, 6) is -0.562. The molecule has 0 bridgehead atoms. The zero-order chi connectivity index (χ0) is 17.2. The zero-order valence-corrected chi connectivity index (χ0v) is 14.6. The van der Waals surface area contributed by atoms with E-state index in [1.54, 1.807) is 13.8 Å². The highest BCUT2D eigenvalue weighted by atomic mass is 35.5. The summed E-state index contributed by atoms with van der Waals surface area (Å²) < 4.78 is 25.7. The van der Waals surface area contributed by atoms with E-state index in [2.05, 4.69) is 10.5 Å². The van der Waals surface area contributed by atoms with Crippen LogP contribution in [0.15, 0.2) is 29.2 Å². The Morgan fingerprint density at radius 3 is 2.30 bits per heavy atom. The minimum Gasteiger partial charge on any atom is -0.276 e. The van der Waals surface area contributed by atoms with Crippen LogP contribution in [0.5, 0.6) is 0 Å². The lowest BCUT2D eigenvalue weighted by atomic mass is 10.4. The van der Waals surface area contributed by atoms with Gasteiger partial charge in [0.25, 0.3) is 15.9 Å². The Hall–Kier alpha value is -1.61. The summed E-state index contributed by atoms with van der Waals surface area (Å²) in [6.07, 6.45) is 0. The van der Waals surface area contributed by atoms with Gasteiger partial charge in [0, 0.05) is 15.7 Å². The van der Waals surface area contributed by atoms with Gasteiger partial charge in [-0.15, -0.1) is 4.83 Å². The van der Waals surface area contributed by atoms with Gasteiger partial charge in [0.1, 0.15) is 6.54 Å². The molecule has 2 N–H and O–H groups in total. The maximum atomic E-state index is 12.1. The van der Waals surface area contributed by atoms with E-state index in [1.807, 2.05) is 10.9 Å². The van der Waals surface area contributed by atoms with Crippen molar-refractivity contribution in [1.29, 1.82) is 0 Å². The number of benzene rings is 1. The average molecular weight is 377 g/mol. The molecule has 23 heavy (non-hydrogen) atoms. The van der Waals surface area contributed by atoms with Gasteiger partial charge in [0.05, 0.1) is 10.6 Å². The standard InChI is InChI=1S/C13H14Cl2N4O3S/c1-8-3-9(2)19(17-8)7-13(20)16-18-23(21,22)12-5-10(14)4-11(15)6-12/h3-6,18H,7H2,1-2H3,(H,16,20). The van der Waals surface area contributed by atoms with Crippen LogP contribution < -0.4 is 10.3 Å². The second-order valence-electron chi connectivity index (χ2n) is 4.84. The average Bonchev–Trinajstić information content (AvgIpc) is 2.73. The molecular weight excluding hydrogens is 363 g/mol. The third-order valence-electron chi connectivity index (χ3n) is 2.87. The van der Waals surface area contributed by atoms with E-state index in [9.17, 15) is 13.2 Å². The summed E-state index contributed by atoms with van der Waals surface area (Å²) in [6, 6.07) is 5.67. The molecule has 0 fully saturated rings. The molecular formula is C13H14Cl2N4O3S. The predicted octanol–water partition coefficient (Wildman–Crippen LogP) is 1.82. The van der Waals surface area contributed by atoms with Gasteiger partial charge < -0.3 is 0 Å². The van der Waals surface area contributed by atoms with Crippen molar-refractivity contribution < 1.29 is 13.2 Å². The molecule has 0 spiro atoms. The number of sulfonamides is 1. The van der Waals surface area contributed by atoms with Crippen LogP contribution in [0.25, 0.3) is 0 Å². The summed E-state index contributed by atoms with van der Waals surface area (Å²) in [5.41, 5.74) is 3.68. The van der Waals surface area contributed by atoms with Crippen molar-refractivity contribution in [2.24, 2.45) is 0 Å². The highest BCUT2D eigenvalue weighted by molar-refractivity contribution is 7.89. The topological polar surface area (TPSA) is 93.1 Å². The molecule has 1 amide bonds. The van der Waals surface area contributed by atoms with E-state index in [1.165, 1.54) is 22.9 Å². The van der Waals surface area contributed by atoms with Crippen LogP contribution in [0.1, 0.15) is 11.4 Å². The Morgan fingerprint density at radius 1 is 1.17 bits per heavy atom. The number of aryl methyl sites for hydroxylation is 2. The SMILES string of the molecule is Cc1cc(C)n(CC(=O)NNS(=O)(=O)c2cc(Cl)cc(Cl)c2)n1. The molecule has 0 saturated carbocycles. The van der Waals surface area contributed by atoms with Crippen LogP contribution >= 0.6 is 23.2 Å². The van der Waals surface area contributed by atoms with Crippen molar-refractivity contribution >= 4 is 39.1 Å². The van der Waals surface area contributed by atoms with Gasteiger partial charge in [-0.1, -0.05) is 23.2 Å². The van der Waals surface area contributed by atoms with E-state index in [0.717, 1.165) is 11.4 Å². The molecule has 0 radical (unpaired) electrons. The lowest BCUT2D eigenvalue weighted by Crippen LogP contribution is -2.43. The minimum absolute atomic E-state index is 0.113. The third kappa shape index (κ3) is 4.68. The molecule has 7 nitrogen and oxygen atoms in total. The Kier molecular flexibility index (Phi) is 5.30. The van der Waals surface area contributed by atoms with Gasteiger partial charge in [-0.2, -0.15) is 5.10 Å². The van der Waals surface area contributed by atoms with Crippen LogP contribution in [0.4, 0.5) is 0 Å². The van der Waals surface area contributed by atoms with E-state index in [0.29, 0.717) is 0 Å². The first-order chi connectivity index (χ1) is 10.7. The number of amides is 1. The molecule has 124 valence electrons. The fourth-order valence-corrected chi connectivity index (χ4v) is 3.46. The van der Waals surface area contributed by atoms with E-state index in [4.69, 9.17) is 23.2 Å². The van der Waals surface area contributed by atoms with Gasteiger partial charge >= 0.3 is 0 Å². The van der Waals surface area contributed by atoms with E-state index in [-0.39, 0.29) is 21.5 Å². The molecule has 0 unspecified atom stereocenters. The summed E-state index contributed by atoms with van der Waals surface area (Å²) >= 11 is 11.5. The fraction of sp³-hybridized carbons (Fsp3) is 0.231. The number of halogens is 2. The van der Waals surface area contributed by atoms with Crippen molar-refractivity contribution in [1.82, 2.24) is 20.0 Å². The van der Waals surface area contributed by atoms with Crippen LogP contribution in [-0.4, -0.2) is 24.1 Å². The van der Waals surface area contributed by atoms with Crippen molar-refractivity contribution in [3.05, 3.63) is 45.7 Å². The predicted molar refractivity (Wildman–Crippen MR) is 86.6 cm³/mol. The van der Waals surface area contributed by atoms with Crippen molar-refractivity contribution in [3.8, 4) is 0 Å². The van der Waals surface area contributed by atoms with E-state index < -0.39 is 15.9 Å². The number of nitrogens with one attached hydrogen (secondary N) is 2. The third-order valence-corrected chi connectivity index (χ3v) is 4.53. The Morgan fingerprint density at radius 2 is 1.78 bits per heavy atom. The Labute approximate surface area is 143 Å². The zero-order valence-electron chi connectivity index (χ0n) is 12.3. The largest absolute Gasteiger partial charge is 0.276 e. The first kappa shape index (κ1) is 17.7. The minimum atomic E-state index is -3.98. The smallest absolute Gasteiger partial charge is 0.257 e. The summed E-state index contributed by atoms with van der Waals surface area (Å²) in [7, 11) is -3.98. The number of hydrazine groups is 1. The first-order valence-corrected chi connectivity index (χ1v) is 8.69. The molecule has 2 aromatic rings. The first-order valence-electron chi connectivity index (χ1n) is 6.45. The highest BCUT2D eigenvalue weighted by Gasteiger charge is 2.17. The van der Waals surface area contributed by atoms with E-state index >= 15 is 0 Å². The van der Waals surface area contributed by atoms with Crippen LogP contribution in [0.2, 0.25) is 10.0 Å². The molecule has 0 aliphatic heterocycles. The molecule has 1 aromatic heterocycles. The summed E-state index contributed by atoms with van der Waals surface area (Å²) in [6.45, 7) is 3.48. The maximum absolute atomic E-state index is 12.1. The normalized spacial score (nSPS) is 11.5. The highest BCUT2D eigenvalue weighted by Crippen LogP contribution is 2.21. The van der Waals surface area contributed by atoms with Crippen molar-refractivity contribution in [3.63, 3.8) is 0 Å². The number of rotatable bonds is 5. The molecule has 0 aliphatic rings. The molecule has 2 rings (SSSR count). The second-order valence-corrected chi connectivity index (χ2v) is 7.40. The number of aromatic nitrogens is 2. The van der Waals surface area contributed by atoms with Gasteiger partial charge in [0.2, 0.25) is 0 Å². The lowest BCUT2D eigenvalue weighted by molar-refractivity contribution is -0.122. The van der Waals surface area contributed by atoms with Gasteiger partial charge in [-0.25, -0.2) is 8.42 Å². The van der Waals surface area contributed by atoms with Crippen LogP contribution in [0.3, 0.4) is 0 Å². The number of nitrogens with zero attached hydrogens (tertiary/aromatic N) is 2. The lowest BCUT2D eigenvalue weighted by Gasteiger charge is -2.10. The maximum Gasteiger partial charge on any atom is 0.257 e. The van der Waals surface area contributed by atoms with Gasteiger partial charge in [0.15, 0.2) is 0 Å². The monoisotopic (exact) mass is 376 g/mol. The van der Waals surface area contributed by atoms with Crippen molar-refractivity contribution in [2.75, 3.05) is 0 Å². The summed E-state index contributed by atoms with van der Waals surface area (Å²) in [5, 5.41) is 4.47. The van der Waals surface area contributed by atoms with Crippen LogP contribution in [0, 0.1) is 13.8 Å². The number of carbonyl (C=O) groups is 1. The Balaban J connectivity index is 2.04. The molecule has 1 aromatic carbocycles. The number of carbonyl (C=O) groups excluding carboxylic acids is 1.